The van der Waals surface area contributed by atoms with Gasteiger partial charge in [0.1, 0.15) is 6.04 Å². The fourth-order valence-electron chi connectivity index (χ4n) is 2.21. The van der Waals surface area contributed by atoms with Gasteiger partial charge in [-0.25, -0.2) is 0 Å². The number of hydrogen-bond acceptors (Lipinski definition) is 3. The van der Waals surface area contributed by atoms with E-state index in [-0.39, 0.29) is 6.04 Å². The van der Waals surface area contributed by atoms with Crippen molar-refractivity contribution in [2.24, 2.45) is 0 Å². The van der Waals surface area contributed by atoms with E-state index in [2.05, 4.69) is 23.3 Å². The van der Waals surface area contributed by atoms with Crippen LogP contribution in [-0.2, 0) is 11.3 Å². The molecule has 1 atom stereocenters. The highest BCUT2D eigenvalue weighted by atomic mass is 32.1. The van der Waals surface area contributed by atoms with E-state index >= 15 is 0 Å². The highest BCUT2D eigenvalue weighted by Gasteiger charge is 2.28. The third-order valence-corrected chi connectivity index (χ3v) is 4.22. The van der Waals surface area contributed by atoms with Crippen molar-refractivity contribution in [2.75, 3.05) is 6.54 Å². The van der Waals surface area contributed by atoms with E-state index in [1.807, 2.05) is 0 Å². The van der Waals surface area contributed by atoms with Crippen molar-refractivity contribution < 1.29 is 9.90 Å². The van der Waals surface area contributed by atoms with Crippen molar-refractivity contribution in [1.29, 1.82) is 0 Å². The van der Waals surface area contributed by atoms with Gasteiger partial charge >= 0.3 is 5.97 Å². The van der Waals surface area contributed by atoms with Crippen LogP contribution in [0.2, 0.25) is 0 Å². The van der Waals surface area contributed by atoms with Gasteiger partial charge in [-0.2, -0.15) is 0 Å². The van der Waals surface area contributed by atoms with Crippen molar-refractivity contribution in [2.45, 2.75) is 38.8 Å². The number of thiophene rings is 1. The molecule has 1 fully saturated rings. The van der Waals surface area contributed by atoms with Gasteiger partial charge in [0.25, 0.3) is 0 Å². The van der Waals surface area contributed by atoms with E-state index in [1.165, 1.54) is 10.4 Å². The lowest BCUT2D eigenvalue weighted by Gasteiger charge is -2.32. The van der Waals surface area contributed by atoms with Crippen LogP contribution in [0.1, 0.15) is 29.7 Å². The number of piperidine rings is 1. The van der Waals surface area contributed by atoms with E-state index in [4.69, 9.17) is 5.11 Å². The Morgan fingerprint density at radius 1 is 1.62 bits per heavy atom. The molecule has 4 heteroatoms. The molecule has 0 aromatic carbocycles. The first-order valence-electron chi connectivity index (χ1n) is 5.68. The first-order chi connectivity index (χ1) is 7.68. The van der Waals surface area contributed by atoms with E-state index in [1.54, 1.807) is 11.3 Å². The summed E-state index contributed by atoms with van der Waals surface area (Å²) in [7, 11) is 0. The first kappa shape index (κ1) is 11.6. The van der Waals surface area contributed by atoms with Crippen LogP contribution in [0.5, 0.6) is 0 Å². The molecule has 1 aromatic heterocycles. The largest absolute Gasteiger partial charge is 0.480 e. The Morgan fingerprint density at radius 2 is 2.44 bits per heavy atom. The summed E-state index contributed by atoms with van der Waals surface area (Å²) in [6, 6.07) is 1.81. The van der Waals surface area contributed by atoms with Gasteiger partial charge in [0.15, 0.2) is 0 Å². The van der Waals surface area contributed by atoms with Crippen molar-refractivity contribution in [3.8, 4) is 0 Å². The van der Waals surface area contributed by atoms with E-state index < -0.39 is 5.97 Å². The topological polar surface area (TPSA) is 40.5 Å². The van der Waals surface area contributed by atoms with Crippen LogP contribution in [0.3, 0.4) is 0 Å². The van der Waals surface area contributed by atoms with Crippen LogP contribution < -0.4 is 0 Å². The summed E-state index contributed by atoms with van der Waals surface area (Å²) >= 11 is 1.72. The molecule has 3 nitrogen and oxygen atoms in total. The Bertz CT molecular complexity index is 375. The van der Waals surface area contributed by atoms with Gasteiger partial charge < -0.3 is 5.11 Å². The lowest BCUT2D eigenvalue weighted by atomic mass is 10.0. The number of likely N-dealkylation sites (tertiary alicyclic amines) is 1. The zero-order chi connectivity index (χ0) is 11.5. The molecule has 1 saturated heterocycles. The third kappa shape index (κ3) is 2.44. The highest BCUT2D eigenvalue weighted by molar-refractivity contribution is 7.10. The molecule has 0 spiro atoms. The van der Waals surface area contributed by atoms with Gasteiger partial charge in [-0.15, -0.1) is 11.3 Å². The predicted molar refractivity (Wildman–Crippen MR) is 64.7 cm³/mol. The number of hydrogen-bond donors (Lipinski definition) is 1. The lowest BCUT2D eigenvalue weighted by Crippen LogP contribution is -2.43. The molecule has 2 heterocycles. The molecular weight excluding hydrogens is 222 g/mol. The fourth-order valence-corrected chi connectivity index (χ4v) is 3.14. The summed E-state index contributed by atoms with van der Waals surface area (Å²) < 4.78 is 0. The number of nitrogens with zero attached hydrogens (tertiary/aromatic N) is 1. The van der Waals surface area contributed by atoms with Crippen molar-refractivity contribution >= 4 is 17.3 Å². The maximum absolute atomic E-state index is 11.1. The molecule has 0 saturated carbocycles. The molecule has 1 aliphatic rings. The molecule has 1 N–H and O–H groups in total. The average Bonchev–Trinajstić information content (AvgIpc) is 2.65. The van der Waals surface area contributed by atoms with E-state index in [0.717, 1.165) is 32.4 Å². The lowest BCUT2D eigenvalue weighted by molar-refractivity contribution is -0.144. The smallest absolute Gasteiger partial charge is 0.320 e. The van der Waals surface area contributed by atoms with Gasteiger partial charge in [0.2, 0.25) is 0 Å². The maximum Gasteiger partial charge on any atom is 0.320 e. The van der Waals surface area contributed by atoms with Gasteiger partial charge in [0.05, 0.1) is 0 Å². The first-order valence-corrected chi connectivity index (χ1v) is 6.56. The minimum Gasteiger partial charge on any atom is -0.480 e. The van der Waals surface area contributed by atoms with Crippen molar-refractivity contribution in [3.63, 3.8) is 0 Å². The average molecular weight is 239 g/mol. The normalized spacial score (nSPS) is 22.2. The number of carboxylic acids is 1. The van der Waals surface area contributed by atoms with Crippen LogP contribution >= 0.6 is 11.3 Å². The summed E-state index contributed by atoms with van der Waals surface area (Å²) in [5.41, 5.74) is 1.28. The highest BCUT2D eigenvalue weighted by Crippen LogP contribution is 2.23. The molecule has 0 bridgehead atoms. The third-order valence-electron chi connectivity index (χ3n) is 3.21. The molecule has 0 aliphatic carbocycles. The summed E-state index contributed by atoms with van der Waals surface area (Å²) in [6.45, 7) is 3.79. The molecule has 0 radical (unpaired) electrons. The summed E-state index contributed by atoms with van der Waals surface area (Å²) in [5, 5.41) is 11.2. The number of carboxylic acid groups (broad SMARTS) is 1. The molecule has 16 heavy (non-hydrogen) atoms. The maximum atomic E-state index is 11.1. The number of aryl methyl sites for hydroxylation is 1. The van der Waals surface area contributed by atoms with Crippen LogP contribution in [0.4, 0.5) is 0 Å². The minimum atomic E-state index is -0.672. The minimum absolute atomic E-state index is 0.282. The zero-order valence-corrected chi connectivity index (χ0v) is 10.3. The van der Waals surface area contributed by atoms with E-state index in [9.17, 15) is 4.79 Å². The van der Waals surface area contributed by atoms with Gasteiger partial charge in [-0.3, -0.25) is 9.69 Å². The van der Waals surface area contributed by atoms with Crippen molar-refractivity contribution in [3.05, 3.63) is 21.9 Å². The monoisotopic (exact) mass is 239 g/mol. The Labute approximate surface area is 99.7 Å². The SMILES string of the molecule is Cc1ccsc1CN1CCCCC1C(=O)O. The number of carbonyl (C=O) groups is 1. The molecule has 1 aromatic rings. The van der Waals surface area contributed by atoms with E-state index in [0.29, 0.717) is 0 Å². The summed E-state index contributed by atoms with van der Waals surface area (Å²) in [4.78, 5) is 14.5. The second-order valence-corrected chi connectivity index (χ2v) is 5.35. The molecule has 0 amide bonds. The Balaban J connectivity index is 2.07. The molecule has 1 aliphatic heterocycles. The quantitative estimate of drug-likeness (QED) is 0.881. The number of aliphatic carboxylic acids is 1. The van der Waals surface area contributed by atoms with Crippen LogP contribution in [-0.4, -0.2) is 28.6 Å². The van der Waals surface area contributed by atoms with Gasteiger partial charge in [-0.1, -0.05) is 6.42 Å². The second kappa shape index (κ2) is 4.97. The number of rotatable bonds is 3. The standard InChI is InChI=1S/C12H17NO2S/c1-9-5-7-16-11(9)8-13-6-3-2-4-10(13)12(14)15/h5,7,10H,2-4,6,8H2,1H3,(H,14,15). The van der Waals surface area contributed by atoms with Crippen LogP contribution in [0.15, 0.2) is 11.4 Å². The predicted octanol–water partition coefficient (Wildman–Crippen LogP) is 2.50. The summed E-state index contributed by atoms with van der Waals surface area (Å²) in [6.07, 6.45) is 2.95. The molecule has 1 unspecified atom stereocenters. The molecule has 2 rings (SSSR count). The fraction of sp³-hybridized carbons (Fsp3) is 0.583. The Hall–Kier alpha value is -0.870. The summed E-state index contributed by atoms with van der Waals surface area (Å²) in [5.74, 6) is -0.672. The van der Waals surface area contributed by atoms with Gasteiger partial charge in [0, 0.05) is 11.4 Å². The zero-order valence-electron chi connectivity index (χ0n) is 9.48. The van der Waals surface area contributed by atoms with Gasteiger partial charge in [-0.05, 0) is 43.3 Å². The second-order valence-electron chi connectivity index (χ2n) is 4.35. The molecular formula is C12H17NO2S. The van der Waals surface area contributed by atoms with Crippen LogP contribution in [0, 0.1) is 6.92 Å². The Morgan fingerprint density at radius 3 is 3.06 bits per heavy atom. The molecule has 88 valence electrons. The Kier molecular flexibility index (Phi) is 3.61. The van der Waals surface area contributed by atoms with Crippen molar-refractivity contribution in [1.82, 2.24) is 4.90 Å². The van der Waals surface area contributed by atoms with Crippen LogP contribution in [0.25, 0.3) is 0 Å².